The standard InChI is InChI=1S/C13H13ClN6S/c1-3-4-8-19-10(14)7(2)12(20-8)21-13-9-11(16-5-15-9)17-6-18-13/h5-6H,3-4H2,1-2H3,(H,15,16,17,18). The first kappa shape index (κ1) is 14.2. The second-order valence-electron chi connectivity index (χ2n) is 4.49. The number of halogens is 1. The van der Waals surface area contributed by atoms with E-state index in [4.69, 9.17) is 11.6 Å². The quantitative estimate of drug-likeness (QED) is 0.743. The van der Waals surface area contributed by atoms with Crippen LogP contribution in [0.2, 0.25) is 5.15 Å². The second kappa shape index (κ2) is 5.95. The van der Waals surface area contributed by atoms with E-state index in [0.29, 0.717) is 10.8 Å². The molecule has 3 aromatic heterocycles. The van der Waals surface area contributed by atoms with Crippen LogP contribution in [0.15, 0.2) is 22.7 Å². The van der Waals surface area contributed by atoms with E-state index in [0.717, 1.165) is 39.8 Å². The lowest BCUT2D eigenvalue weighted by atomic mass is 10.3. The number of fused-ring (bicyclic) bond motifs is 1. The molecule has 0 bridgehead atoms. The molecule has 8 heteroatoms. The average molecular weight is 321 g/mol. The van der Waals surface area contributed by atoms with Crippen molar-refractivity contribution >= 4 is 34.5 Å². The van der Waals surface area contributed by atoms with E-state index in [1.807, 2.05) is 6.92 Å². The van der Waals surface area contributed by atoms with E-state index in [1.165, 1.54) is 18.1 Å². The van der Waals surface area contributed by atoms with E-state index >= 15 is 0 Å². The highest BCUT2D eigenvalue weighted by Gasteiger charge is 2.14. The van der Waals surface area contributed by atoms with Crippen molar-refractivity contribution in [1.29, 1.82) is 0 Å². The molecule has 0 saturated heterocycles. The van der Waals surface area contributed by atoms with Crippen LogP contribution in [0.4, 0.5) is 0 Å². The van der Waals surface area contributed by atoms with E-state index in [9.17, 15) is 0 Å². The molecular formula is C13H13ClN6S. The molecule has 6 nitrogen and oxygen atoms in total. The summed E-state index contributed by atoms with van der Waals surface area (Å²) < 4.78 is 0. The third kappa shape index (κ3) is 2.84. The maximum Gasteiger partial charge on any atom is 0.181 e. The Morgan fingerprint density at radius 3 is 2.86 bits per heavy atom. The number of aryl methyl sites for hydroxylation is 1. The van der Waals surface area contributed by atoms with Crippen molar-refractivity contribution in [3.8, 4) is 0 Å². The Morgan fingerprint density at radius 2 is 2.05 bits per heavy atom. The van der Waals surface area contributed by atoms with Crippen LogP contribution in [0, 0.1) is 6.92 Å². The topological polar surface area (TPSA) is 80.2 Å². The summed E-state index contributed by atoms with van der Waals surface area (Å²) in [5, 5.41) is 2.08. The van der Waals surface area contributed by atoms with Gasteiger partial charge in [-0.25, -0.2) is 24.9 Å². The van der Waals surface area contributed by atoms with E-state index in [1.54, 1.807) is 6.33 Å². The minimum atomic E-state index is 0.492. The highest BCUT2D eigenvalue weighted by molar-refractivity contribution is 7.99. The molecule has 0 aliphatic carbocycles. The SMILES string of the molecule is CCCc1nc(Cl)c(C)c(Sc2ncnc3nc[nH]c23)n1. The minimum Gasteiger partial charge on any atom is -0.341 e. The van der Waals surface area contributed by atoms with Crippen LogP contribution in [-0.4, -0.2) is 29.9 Å². The molecule has 0 atom stereocenters. The Kier molecular flexibility index (Phi) is 4.03. The molecule has 3 heterocycles. The highest BCUT2D eigenvalue weighted by Crippen LogP contribution is 2.32. The Hall–Kier alpha value is -1.73. The van der Waals surface area contributed by atoms with Crippen LogP contribution >= 0.6 is 23.4 Å². The van der Waals surface area contributed by atoms with Crippen molar-refractivity contribution in [2.45, 2.75) is 36.7 Å². The van der Waals surface area contributed by atoms with Crippen molar-refractivity contribution < 1.29 is 0 Å². The van der Waals surface area contributed by atoms with Crippen LogP contribution in [-0.2, 0) is 6.42 Å². The number of aromatic amines is 1. The van der Waals surface area contributed by atoms with Gasteiger partial charge in [-0.15, -0.1) is 0 Å². The summed E-state index contributed by atoms with van der Waals surface area (Å²) in [6, 6.07) is 0. The van der Waals surface area contributed by atoms with Crippen molar-refractivity contribution in [3.63, 3.8) is 0 Å². The van der Waals surface area contributed by atoms with Crippen molar-refractivity contribution in [2.75, 3.05) is 0 Å². The lowest BCUT2D eigenvalue weighted by Crippen LogP contribution is -2.00. The maximum absolute atomic E-state index is 6.20. The van der Waals surface area contributed by atoms with Gasteiger partial charge in [-0.1, -0.05) is 18.5 Å². The zero-order valence-corrected chi connectivity index (χ0v) is 13.2. The highest BCUT2D eigenvalue weighted by atomic mass is 35.5. The Balaban J connectivity index is 2.03. The summed E-state index contributed by atoms with van der Waals surface area (Å²) in [4.78, 5) is 24.5. The van der Waals surface area contributed by atoms with Gasteiger partial charge in [0.1, 0.15) is 32.9 Å². The van der Waals surface area contributed by atoms with E-state index in [2.05, 4.69) is 36.8 Å². The van der Waals surface area contributed by atoms with Gasteiger partial charge in [0.25, 0.3) is 0 Å². The molecule has 1 N–H and O–H groups in total. The Morgan fingerprint density at radius 1 is 1.19 bits per heavy atom. The Labute approximate surface area is 130 Å². The van der Waals surface area contributed by atoms with Crippen molar-refractivity contribution in [2.24, 2.45) is 0 Å². The fourth-order valence-electron chi connectivity index (χ4n) is 1.86. The van der Waals surface area contributed by atoms with Crippen LogP contribution < -0.4 is 0 Å². The first-order chi connectivity index (χ1) is 10.2. The molecular weight excluding hydrogens is 308 g/mol. The largest absolute Gasteiger partial charge is 0.341 e. The zero-order valence-electron chi connectivity index (χ0n) is 11.6. The van der Waals surface area contributed by atoms with Gasteiger partial charge in [-0.2, -0.15) is 0 Å². The van der Waals surface area contributed by atoms with Crippen LogP contribution in [0.5, 0.6) is 0 Å². The second-order valence-corrected chi connectivity index (χ2v) is 5.83. The predicted octanol–water partition coefficient (Wildman–Crippen LogP) is 3.21. The van der Waals surface area contributed by atoms with Gasteiger partial charge in [0.15, 0.2) is 5.65 Å². The third-order valence-corrected chi connectivity index (χ3v) is 4.40. The van der Waals surface area contributed by atoms with Crippen LogP contribution in [0.1, 0.15) is 24.7 Å². The number of aromatic nitrogens is 6. The number of imidazole rings is 1. The summed E-state index contributed by atoms with van der Waals surface area (Å²) in [6.07, 6.45) is 4.88. The maximum atomic E-state index is 6.20. The van der Waals surface area contributed by atoms with Gasteiger partial charge in [0, 0.05) is 12.0 Å². The molecule has 0 aliphatic rings. The molecule has 0 radical (unpaired) electrons. The molecule has 108 valence electrons. The fourth-order valence-corrected chi connectivity index (χ4v) is 3.04. The van der Waals surface area contributed by atoms with Gasteiger partial charge in [-0.05, 0) is 25.1 Å². The summed E-state index contributed by atoms with van der Waals surface area (Å²) in [5.74, 6) is 0.755. The number of nitrogens with one attached hydrogen (secondary N) is 1. The molecule has 0 saturated carbocycles. The molecule has 0 aliphatic heterocycles. The smallest absolute Gasteiger partial charge is 0.181 e. The predicted molar refractivity (Wildman–Crippen MR) is 81.6 cm³/mol. The third-order valence-electron chi connectivity index (χ3n) is 2.94. The van der Waals surface area contributed by atoms with Gasteiger partial charge in [0.05, 0.1) is 6.33 Å². The van der Waals surface area contributed by atoms with E-state index in [-0.39, 0.29) is 0 Å². The first-order valence-corrected chi connectivity index (χ1v) is 7.73. The minimum absolute atomic E-state index is 0.492. The van der Waals surface area contributed by atoms with E-state index < -0.39 is 0 Å². The normalized spacial score (nSPS) is 11.2. The number of nitrogens with zero attached hydrogens (tertiary/aromatic N) is 5. The molecule has 3 rings (SSSR count). The van der Waals surface area contributed by atoms with Gasteiger partial charge in [0.2, 0.25) is 0 Å². The fraction of sp³-hybridized carbons (Fsp3) is 0.308. The number of H-pyrrole nitrogens is 1. The summed E-state index contributed by atoms with van der Waals surface area (Å²) in [5.41, 5.74) is 2.29. The zero-order chi connectivity index (χ0) is 14.8. The molecule has 21 heavy (non-hydrogen) atoms. The van der Waals surface area contributed by atoms with Gasteiger partial charge < -0.3 is 4.98 Å². The lowest BCUT2D eigenvalue weighted by molar-refractivity contribution is 0.801. The molecule has 0 unspecified atom stereocenters. The summed E-state index contributed by atoms with van der Waals surface area (Å²) in [7, 11) is 0. The molecule has 0 fully saturated rings. The summed E-state index contributed by atoms with van der Waals surface area (Å²) >= 11 is 7.65. The average Bonchev–Trinajstić information content (AvgIpc) is 2.94. The van der Waals surface area contributed by atoms with Crippen LogP contribution in [0.25, 0.3) is 11.2 Å². The number of hydrogen-bond acceptors (Lipinski definition) is 6. The van der Waals surface area contributed by atoms with Gasteiger partial charge >= 0.3 is 0 Å². The number of hydrogen-bond donors (Lipinski definition) is 1. The molecule has 0 spiro atoms. The summed E-state index contributed by atoms with van der Waals surface area (Å²) in [6.45, 7) is 3.99. The van der Waals surface area contributed by atoms with Crippen molar-refractivity contribution in [3.05, 3.63) is 29.2 Å². The Bertz CT molecular complexity index is 787. The molecule has 3 aromatic rings. The monoisotopic (exact) mass is 320 g/mol. The van der Waals surface area contributed by atoms with Crippen LogP contribution in [0.3, 0.4) is 0 Å². The lowest BCUT2D eigenvalue weighted by Gasteiger charge is -2.08. The van der Waals surface area contributed by atoms with Gasteiger partial charge in [-0.3, -0.25) is 0 Å². The number of rotatable bonds is 4. The first-order valence-electron chi connectivity index (χ1n) is 6.54. The van der Waals surface area contributed by atoms with Crippen molar-refractivity contribution in [1.82, 2.24) is 29.9 Å². The molecule has 0 aromatic carbocycles. The molecule has 0 amide bonds.